The molecule has 1 amide bonds. The van der Waals surface area contributed by atoms with Crippen molar-refractivity contribution >= 4 is 46.3 Å². The highest BCUT2D eigenvalue weighted by molar-refractivity contribution is 6.30. The largest absolute Gasteiger partial charge is 0.497 e. The average Bonchev–Trinajstić information content (AvgIpc) is 3.14. The number of nitrogens with zero attached hydrogens (tertiary/aromatic N) is 1. The lowest BCUT2D eigenvalue weighted by molar-refractivity contribution is -0.154. The highest BCUT2D eigenvalue weighted by Crippen LogP contribution is 2.31. The first-order valence-electron chi connectivity index (χ1n) is 11.3. The molecule has 2 N–H and O–H groups in total. The lowest BCUT2D eigenvalue weighted by Gasteiger charge is -2.08. The molecule has 1 saturated heterocycles. The molecule has 0 bridgehead atoms. The highest BCUT2D eigenvalue weighted by Gasteiger charge is 2.22. The Balaban J connectivity index is 0.000000444. The zero-order chi connectivity index (χ0) is 26.2. The Hall–Kier alpha value is -3.85. The van der Waals surface area contributed by atoms with Crippen molar-refractivity contribution < 1.29 is 33.8 Å². The number of aromatic nitrogens is 1. The normalized spacial score (nSPS) is 12.8. The number of esters is 1. The van der Waals surface area contributed by atoms with Crippen molar-refractivity contribution in [2.24, 2.45) is 0 Å². The summed E-state index contributed by atoms with van der Waals surface area (Å²) in [4.78, 5) is 46.3. The van der Waals surface area contributed by atoms with Crippen molar-refractivity contribution in [2.75, 3.05) is 20.3 Å². The molecule has 10 heteroatoms. The minimum Gasteiger partial charge on any atom is -0.497 e. The van der Waals surface area contributed by atoms with Crippen molar-refractivity contribution in [1.29, 1.82) is 0 Å². The molecule has 0 unspecified atom stereocenters. The van der Waals surface area contributed by atoms with Gasteiger partial charge in [-0.2, -0.15) is 0 Å². The number of carbonyl (C=O) groups is 4. The number of benzene rings is 2. The first-order valence-corrected chi connectivity index (χ1v) is 11.7. The van der Waals surface area contributed by atoms with E-state index in [1.165, 1.54) is 11.7 Å². The first-order chi connectivity index (χ1) is 17.2. The zero-order valence-corrected chi connectivity index (χ0v) is 20.8. The summed E-state index contributed by atoms with van der Waals surface area (Å²) in [5, 5.41) is 12.6. The van der Waals surface area contributed by atoms with Gasteiger partial charge in [0, 0.05) is 34.6 Å². The Morgan fingerprint density at radius 1 is 1.11 bits per heavy atom. The lowest BCUT2D eigenvalue weighted by atomic mass is 10.1. The summed E-state index contributed by atoms with van der Waals surface area (Å²) in [6.07, 6.45) is 2.79. The molecule has 1 aromatic heterocycles. The van der Waals surface area contributed by atoms with E-state index in [0.717, 1.165) is 25.8 Å². The smallest absolute Gasteiger partial charge is 0.341 e. The number of rotatable bonds is 6. The van der Waals surface area contributed by atoms with Gasteiger partial charge >= 0.3 is 11.9 Å². The molecule has 4 rings (SSSR count). The second-order valence-electron chi connectivity index (χ2n) is 8.13. The van der Waals surface area contributed by atoms with Gasteiger partial charge in [0.05, 0.1) is 19.0 Å². The van der Waals surface area contributed by atoms with E-state index in [1.807, 2.05) is 0 Å². The van der Waals surface area contributed by atoms with Gasteiger partial charge in [-0.05, 0) is 67.8 Å². The van der Waals surface area contributed by atoms with Gasteiger partial charge in [-0.15, -0.1) is 0 Å². The third kappa shape index (κ3) is 6.63. The summed E-state index contributed by atoms with van der Waals surface area (Å²) in [6.45, 7) is 1.89. The molecule has 1 aliphatic rings. The minimum atomic E-state index is -1.24. The number of amides is 1. The van der Waals surface area contributed by atoms with Gasteiger partial charge in [0.15, 0.2) is 6.61 Å². The standard InChI is InChI=1S/C21H18ClNO6.C5H9NO/c1-12-16(10-20(26)29-11-19(24)25)17-9-15(28-2)7-8-18(17)23(12)21(27)13-3-5-14(22)6-4-13;7-5-3-1-2-4-6-5/h3-9H,10-11H2,1-2H3,(H,24,25);1-4H2,(H,6,7). The van der Waals surface area contributed by atoms with Crippen LogP contribution in [0.1, 0.15) is 40.9 Å². The molecule has 0 spiro atoms. The number of aliphatic carboxylic acids is 1. The van der Waals surface area contributed by atoms with Gasteiger partial charge in [0.2, 0.25) is 5.91 Å². The predicted molar refractivity (Wildman–Crippen MR) is 134 cm³/mol. The van der Waals surface area contributed by atoms with Crippen LogP contribution in [0, 0.1) is 6.92 Å². The van der Waals surface area contributed by atoms with Gasteiger partial charge in [0.25, 0.3) is 5.91 Å². The maximum absolute atomic E-state index is 13.2. The van der Waals surface area contributed by atoms with Crippen molar-refractivity contribution in [3.05, 3.63) is 64.3 Å². The molecule has 0 saturated carbocycles. The maximum atomic E-state index is 13.2. The number of hydrogen-bond acceptors (Lipinski definition) is 6. The van der Waals surface area contributed by atoms with Crippen LogP contribution in [0.15, 0.2) is 42.5 Å². The van der Waals surface area contributed by atoms with Crippen LogP contribution in [0.25, 0.3) is 10.9 Å². The van der Waals surface area contributed by atoms with E-state index in [2.05, 4.69) is 5.32 Å². The van der Waals surface area contributed by atoms with Gasteiger partial charge in [0.1, 0.15) is 5.75 Å². The third-order valence-electron chi connectivity index (χ3n) is 5.67. The molecular formula is C26H27ClN2O7. The van der Waals surface area contributed by atoms with Crippen LogP contribution in [-0.4, -0.2) is 53.7 Å². The Labute approximate surface area is 212 Å². The molecule has 0 radical (unpaired) electrons. The molecule has 36 heavy (non-hydrogen) atoms. The molecule has 190 valence electrons. The molecule has 1 fully saturated rings. The monoisotopic (exact) mass is 514 g/mol. The molecule has 3 aromatic rings. The first kappa shape index (κ1) is 26.7. The van der Waals surface area contributed by atoms with Gasteiger partial charge in [-0.1, -0.05) is 11.6 Å². The topological polar surface area (TPSA) is 124 Å². The summed E-state index contributed by atoms with van der Waals surface area (Å²) >= 11 is 5.91. The van der Waals surface area contributed by atoms with Gasteiger partial charge in [-0.3, -0.25) is 19.0 Å². The van der Waals surface area contributed by atoms with Crippen LogP contribution < -0.4 is 10.1 Å². The van der Waals surface area contributed by atoms with Crippen molar-refractivity contribution in [1.82, 2.24) is 9.88 Å². The fourth-order valence-corrected chi connectivity index (χ4v) is 3.99. The molecule has 9 nitrogen and oxygen atoms in total. The second kappa shape index (κ2) is 12.2. The summed E-state index contributed by atoms with van der Waals surface area (Å²) in [7, 11) is 1.52. The summed E-state index contributed by atoms with van der Waals surface area (Å²) in [6, 6.07) is 11.7. The average molecular weight is 515 g/mol. The number of nitrogens with one attached hydrogen (secondary N) is 1. The van der Waals surface area contributed by atoms with Crippen molar-refractivity contribution in [3.8, 4) is 5.75 Å². The quantitative estimate of drug-likeness (QED) is 0.480. The summed E-state index contributed by atoms with van der Waals surface area (Å²) < 4.78 is 11.5. The Morgan fingerprint density at radius 3 is 2.39 bits per heavy atom. The number of hydrogen-bond donors (Lipinski definition) is 2. The van der Waals surface area contributed by atoms with E-state index in [9.17, 15) is 19.2 Å². The number of carboxylic acids is 1. The highest BCUT2D eigenvalue weighted by atomic mass is 35.5. The number of carboxylic acid groups (broad SMARTS) is 1. The van der Waals surface area contributed by atoms with E-state index >= 15 is 0 Å². The van der Waals surface area contributed by atoms with Crippen LogP contribution in [-0.2, 0) is 25.5 Å². The van der Waals surface area contributed by atoms with Crippen LogP contribution in [0.2, 0.25) is 5.02 Å². The minimum absolute atomic E-state index is 0.177. The molecule has 2 heterocycles. The summed E-state index contributed by atoms with van der Waals surface area (Å²) in [5.74, 6) is -1.44. The molecule has 1 aliphatic heterocycles. The van der Waals surface area contributed by atoms with Crippen LogP contribution >= 0.6 is 11.6 Å². The number of halogens is 1. The molecule has 0 atom stereocenters. The number of carbonyl (C=O) groups excluding carboxylic acids is 3. The predicted octanol–water partition coefficient (Wildman–Crippen LogP) is 3.76. The van der Waals surface area contributed by atoms with Crippen LogP contribution in [0.5, 0.6) is 5.75 Å². The van der Waals surface area contributed by atoms with E-state index in [0.29, 0.717) is 38.5 Å². The van der Waals surface area contributed by atoms with E-state index < -0.39 is 18.5 Å². The number of ether oxygens (including phenoxy) is 2. The van der Waals surface area contributed by atoms with E-state index in [-0.39, 0.29) is 18.2 Å². The van der Waals surface area contributed by atoms with Crippen molar-refractivity contribution in [2.45, 2.75) is 32.6 Å². The van der Waals surface area contributed by atoms with Crippen molar-refractivity contribution in [3.63, 3.8) is 0 Å². The van der Waals surface area contributed by atoms with Gasteiger partial charge < -0.3 is 19.9 Å². The number of piperidine rings is 1. The van der Waals surface area contributed by atoms with E-state index in [4.69, 9.17) is 26.2 Å². The van der Waals surface area contributed by atoms with Gasteiger partial charge in [-0.25, -0.2) is 4.79 Å². The SMILES string of the molecule is COc1ccc2c(c1)c(CC(=O)OCC(=O)O)c(C)n2C(=O)c1ccc(Cl)cc1.O=C1CCCCN1. The second-order valence-corrected chi connectivity index (χ2v) is 8.57. The van der Waals surface area contributed by atoms with E-state index in [1.54, 1.807) is 49.4 Å². The van der Waals surface area contributed by atoms with Crippen LogP contribution in [0.3, 0.4) is 0 Å². The fraction of sp³-hybridized carbons (Fsp3) is 0.308. The number of fused-ring (bicyclic) bond motifs is 1. The number of methoxy groups -OCH3 is 1. The lowest BCUT2D eigenvalue weighted by Crippen LogP contribution is -2.28. The molecule has 2 aromatic carbocycles. The van der Waals surface area contributed by atoms with Crippen LogP contribution in [0.4, 0.5) is 0 Å². The fourth-order valence-electron chi connectivity index (χ4n) is 3.86. The Bertz CT molecular complexity index is 1270. The third-order valence-corrected chi connectivity index (χ3v) is 5.92. The maximum Gasteiger partial charge on any atom is 0.341 e. The molecular weight excluding hydrogens is 488 g/mol. The zero-order valence-electron chi connectivity index (χ0n) is 20.0. The Kier molecular flexibility index (Phi) is 9.08. The summed E-state index contributed by atoms with van der Waals surface area (Å²) in [5.41, 5.74) is 2.16. The Morgan fingerprint density at radius 2 is 1.83 bits per heavy atom. The molecule has 0 aliphatic carbocycles.